The first-order valence-electron chi connectivity index (χ1n) is 8.48. The van der Waals surface area contributed by atoms with Crippen molar-refractivity contribution in [3.63, 3.8) is 0 Å². The Hall–Kier alpha value is -1.18. The second-order valence-corrected chi connectivity index (χ2v) is 9.68. The number of hydrogen-bond donors (Lipinski definition) is 1. The summed E-state index contributed by atoms with van der Waals surface area (Å²) in [6, 6.07) is 5.90. The fourth-order valence-corrected chi connectivity index (χ4v) is 4.26. The minimum atomic E-state index is -3.55. The molecular weight excluding hydrogens is 326 g/mol. The molecule has 1 saturated carbocycles. The van der Waals surface area contributed by atoms with Gasteiger partial charge >= 0.3 is 0 Å². The topological polar surface area (TPSA) is 85.5 Å². The summed E-state index contributed by atoms with van der Waals surface area (Å²) in [5.41, 5.74) is 1.26. The quantitative estimate of drug-likeness (QED) is 0.898. The number of hydrogen-bond acceptors (Lipinski definition) is 4. The zero-order valence-electron chi connectivity index (χ0n) is 14.7. The van der Waals surface area contributed by atoms with E-state index in [9.17, 15) is 8.42 Å². The van der Waals surface area contributed by atoms with Crippen LogP contribution in [0.25, 0.3) is 0 Å². The molecule has 2 fully saturated rings. The van der Waals surface area contributed by atoms with Crippen molar-refractivity contribution in [3.05, 3.63) is 23.9 Å². The van der Waals surface area contributed by atoms with Crippen LogP contribution in [0.15, 0.2) is 18.2 Å². The summed E-state index contributed by atoms with van der Waals surface area (Å²) in [5, 5.41) is 5.20. The fourth-order valence-electron chi connectivity index (χ4n) is 3.56. The maximum absolute atomic E-state index is 11.4. The van der Waals surface area contributed by atoms with Crippen molar-refractivity contribution in [1.82, 2.24) is 9.29 Å². The second kappa shape index (κ2) is 5.97. The molecule has 1 aromatic heterocycles. The van der Waals surface area contributed by atoms with Gasteiger partial charge in [-0.1, -0.05) is 26.8 Å². The molecule has 2 aliphatic rings. The lowest BCUT2D eigenvalue weighted by molar-refractivity contribution is 0.205. The maximum Gasteiger partial charge on any atom is 0.276 e. The summed E-state index contributed by atoms with van der Waals surface area (Å²) >= 11 is 0. The normalized spacial score (nSPS) is 24.1. The smallest absolute Gasteiger partial charge is 0.276 e. The molecule has 3 rings (SSSR count). The van der Waals surface area contributed by atoms with Gasteiger partial charge in [0.05, 0.1) is 6.61 Å². The van der Waals surface area contributed by atoms with Gasteiger partial charge in [0.1, 0.15) is 0 Å². The summed E-state index contributed by atoms with van der Waals surface area (Å²) < 4.78 is 30.1. The Kier molecular flexibility index (Phi) is 4.38. The van der Waals surface area contributed by atoms with Crippen LogP contribution in [0.3, 0.4) is 0 Å². The highest BCUT2D eigenvalue weighted by Gasteiger charge is 2.55. The third kappa shape index (κ3) is 3.73. The number of rotatable bonds is 4. The number of nitrogens with zero attached hydrogens (tertiary/aromatic N) is 2. The highest BCUT2D eigenvalue weighted by atomic mass is 32.2. The van der Waals surface area contributed by atoms with E-state index in [-0.39, 0.29) is 10.8 Å². The third-order valence-electron chi connectivity index (χ3n) is 5.36. The molecule has 134 valence electrons. The summed E-state index contributed by atoms with van der Waals surface area (Å²) in [4.78, 5) is 4.60. The van der Waals surface area contributed by atoms with Gasteiger partial charge in [0.25, 0.3) is 10.2 Å². The first kappa shape index (κ1) is 17.6. The van der Waals surface area contributed by atoms with E-state index in [2.05, 4.69) is 25.8 Å². The zero-order chi connectivity index (χ0) is 17.6. The molecule has 0 amide bonds. The number of piperidine rings is 1. The first-order valence-corrected chi connectivity index (χ1v) is 9.99. The van der Waals surface area contributed by atoms with Crippen LogP contribution in [0.2, 0.25) is 0 Å². The van der Waals surface area contributed by atoms with Gasteiger partial charge in [-0.05, 0) is 36.7 Å². The highest BCUT2D eigenvalue weighted by molar-refractivity contribution is 7.86. The minimum Gasteiger partial charge on any atom is -0.477 e. The Labute approximate surface area is 144 Å². The van der Waals surface area contributed by atoms with Crippen LogP contribution >= 0.6 is 0 Å². The van der Waals surface area contributed by atoms with Crippen LogP contribution in [0.5, 0.6) is 5.88 Å². The van der Waals surface area contributed by atoms with Crippen LogP contribution in [0, 0.1) is 11.3 Å². The molecule has 6 nitrogen and oxygen atoms in total. The SMILES string of the molecule is CC(C)(C)c1cccc(OC[C@@H]2CC23CCN(S(N)(=O)=O)CC3)n1. The molecule has 0 aromatic carbocycles. The zero-order valence-corrected chi connectivity index (χ0v) is 15.5. The third-order valence-corrected chi connectivity index (χ3v) is 6.45. The molecule has 1 saturated heterocycles. The fraction of sp³-hybridized carbons (Fsp3) is 0.706. The van der Waals surface area contributed by atoms with Crippen molar-refractivity contribution in [2.45, 2.75) is 45.4 Å². The molecule has 1 aliphatic heterocycles. The molecule has 0 radical (unpaired) electrons. The Morgan fingerprint density at radius 1 is 1.33 bits per heavy atom. The van der Waals surface area contributed by atoms with Crippen LogP contribution < -0.4 is 9.88 Å². The molecule has 0 unspecified atom stereocenters. The van der Waals surface area contributed by atoms with E-state index in [1.807, 2.05) is 18.2 Å². The molecule has 1 aliphatic carbocycles. The molecule has 7 heteroatoms. The van der Waals surface area contributed by atoms with Crippen molar-refractivity contribution >= 4 is 10.2 Å². The van der Waals surface area contributed by atoms with Gasteiger partial charge in [-0.2, -0.15) is 12.7 Å². The highest BCUT2D eigenvalue weighted by Crippen LogP contribution is 2.59. The molecule has 1 aromatic rings. The first-order chi connectivity index (χ1) is 11.1. The van der Waals surface area contributed by atoms with E-state index in [0.29, 0.717) is 31.5 Å². The van der Waals surface area contributed by atoms with E-state index in [1.54, 1.807) is 0 Å². The van der Waals surface area contributed by atoms with Gasteiger partial charge in [-0.25, -0.2) is 10.1 Å². The van der Waals surface area contributed by atoms with Crippen LogP contribution in [-0.2, 0) is 15.6 Å². The lowest BCUT2D eigenvalue weighted by Crippen LogP contribution is -2.43. The van der Waals surface area contributed by atoms with Crippen molar-refractivity contribution in [3.8, 4) is 5.88 Å². The summed E-state index contributed by atoms with van der Waals surface area (Å²) in [6.45, 7) is 8.09. The lowest BCUT2D eigenvalue weighted by atomic mass is 9.92. The monoisotopic (exact) mass is 353 g/mol. The van der Waals surface area contributed by atoms with Gasteiger partial charge in [-0.3, -0.25) is 0 Å². The van der Waals surface area contributed by atoms with Crippen LogP contribution in [-0.4, -0.2) is 37.4 Å². The van der Waals surface area contributed by atoms with Crippen LogP contribution in [0.4, 0.5) is 0 Å². The van der Waals surface area contributed by atoms with Crippen molar-refractivity contribution in [2.75, 3.05) is 19.7 Å². The molecule has 2 N–H and O–H groups in total. The molecule has 1 atom stereocenters. The predicted octanol–water partition coefficient (Wildman–Crippen LogP) is 2.06. The summed E-state index contributed by atoms with van der Waals surface area (Å²) in [7, 11) is -3.55. The van der Waals surface area contributed by atoms with Gasteiger partial charge in [0, 0.05) is 30.3 Å². The van der Waals surface area contributed by atoms with Gasteiger partial charge in [0.15, 0.2) is 0 Å². The molecular formula is C17H27N3O3S. The molecule has 0 bridgehead atoms. The van der Waals surface area contributed by atoms with Crippen molar-refractivity contribution in [2.24, 2.45) is 16.5 Å². The van der Waals surface area contributed by atoms with E-state index in [1.165, 1.54) is 4.31 Å². The second-order valence-electron chi connectivity index (χ2n) is 8.13. The van der Waals surface area contributed by atoms with E-state index in [4.69, 9.17) is 9.88 Å². The lowest BCUT2D eigenvalue weighted by Gasteiger charge is -2.30. The van der Waals surface area contributed by atoms with Gasteiger partial charge < -0.3 is 4.74 Å². The van der Waals surface area contributed by atoms with Gasteiger partial charge in [0.2, 0.25) is 5.88 Å². The van der Waals surface area contributed by atoms with Crippen LogP contribution in [0.1, 0.15) is 45.7 Å². The standard InChI is InChI=1S/C17H27N3O3S/c1-16(2,3)14-5-4-6-15(19-14)23-12-13-11-17(13)7-9-20(10-8-17)24(18,21)22/h4-6,13H,7-12H2,1-3H3,(H2,18,21,22)/t13-/m0/s1. The van der Waals surface area contributed by atoms with E-state index >= 15 is 0 Å². The van der Waals surface area contributed by atoms with Gasteiger partial charge in [-0.15, -0.1) is 0 Å². The van der Waals surface area contributed by atoms with E-state index in [0.717, 1.165) is 25.0 Å². The number of pyridine rings is 1. The minimum absolute atomic E-state index is 0.000712. The maximum atomic E-state index is 11.4. The molecule has 24 heavy (non-hydrogen) atoms. The average molecular weight is 353 g/mol. The Balaban J connectivity index is 1.53. The Morgan fingerprint density at radius 3 is 2.58 bits per heavy atom. The predicted molar refractivity (Wildman–Crippen MR) is 92.9 cm³/mol. The Morgan fingerprint density at radius 2 is 2.00 bits per heavy atom. The largest absolute Gasteiger partial charge is 0.477 e. The number of nitrogens with two attached hydrogens (primary N) is 1. The average Bonchev–Trinajstić information content (AvgIpc) is 3.16. The number of aromatic nitrogens is 1. The van der Waals surface area contributed by atoms with Crippen molar-refractivity contribution < 1.29 is 13.2 Å². The Bertz CT molecular complexity index is 704. The summed E-state index contributed by atoms with van der Waals surface area (Å²) in [6.07, 6.45) is 2.84. The van der Waals surface area contributed by atoms with Crippen molar-refractivity contribution in [1.29, 1.82) is 0 Å². The molecule has 2 heterocycles. The summed E-state index contributed by atoms with van der Waals surface area (Å²) in [5.74, 6) is 1.16. The molecule has 1 spiro atoms. The van der Waals surface area contributed by atoms with E-state index < -0.39 is 10.2 Å². The number of ether oxygens (including phenoxy) is 1.